The minimum atomic E-state index is -0.216. The molecular weight excluding hydrogens is 392 g/mol. The van der Waals surface area contributed by atoms with Crippen LogP contribution in [0.2, 0.25) is 0 Å². The van der Waals surface area contributed by atoms with Crippen LogP contribution < -0.4 is 10.6 Å². The SMILES string of the molecule is C[C@H](NC(=O)[C@H]1CCCN(C(=O)Nc2ccccc2)C1)c1ccc(-n2cncn2)cc1. The summed E-state index contributed by atoms with van der Waals surface area (Å²) in [5.74, 6) is -0.239. The van der Waals surface area contributed by atoms with Crippen molar-refractivity contribution in [3.8, 4) is 5.69 Å². The Morgan fingerprint density at radius 2 is 1.87 bits per heavy atom. The van der Waals surface area contributed by atoms with E-state index in [1.54, 1.807) is 15.9 Å². The molecule has 2 aromatic carbocycles. The lowest BCUT2D eigenvalue weighted by Gasteiger charge is -2.32. The Morgan fingerprint density at radius 1 is 1.10 bits per heavy atom. The standard InChI is InChI=1S/C23H26N6O2/c1-17(18-9-11-21(12-10-18)29-16-24-15-25-29)26-22(30)19-6-5-13-28(14-19)23(31)27-20-7-3-2-4-8-20/h2-4,7-12,15-17,19H,5-6,13-14H2,1H3,(H,26,30)(H,27,31)/t17-,19-/m0/s1. The molecule has 8 heteroatoms. The first-order valence-corrected chi connectivity index (χ1v) is 10.5. The Morgan fingerprint density at radius 3 is 2.58 bits per heavy atom. The molecule has 4 rings (SSSR count). The fraction of sp³-hybridized carbons (Fsp3) is 0.304. The highest BCUT2D eigenvalue weighted by Crippen LogP contribution is 2.21. The molecule has 1 fully saturated rings. The molecule has 8 nitrogen and oxygen atoms in total. The molecule has 1 aliphatic heterocycles. The smallest absolute Gasteiger partial charge is 0.321 e. The van der Waals surface area contributed by atoms with Gasteiger partial charge >= 0.3 is 6.03 Å². The maximum Gasteiger partial charge on any atom is 0.321 e. The number of rotatable bonds is 5. The van der Waals surface area contributed by atoms with E-state index in [-0.39, 0.29) is 23.9 Å². The Labute approximate surface area is 181 Å². The van der Waals surface area contributed by atoms with Gasteiger partial charge in [-0.3, -0.25) is 4.79 Å². The quantitative estimate of drug-likeness (QED) is 0.664. The third-order valence-electron chi connectivity index (χ3n) is 5.54. The number of piperidine rings is 1. The number of amides is 3. The van der Waals surface area contributed by atoms with Crippen LogP contribution in [-0.4, -0.2) is 44.7 Å². The van der Waals surface area contributed by atoms with E-state index in [9.17, 15) is 9.59 Å². The molecule has 1 aliphatic rings. The van der Waals surface area contributed by atoms with E-state index in [2.05, 4.69) is 20.7 Å². The minimum absolute atomic E-state index is 0.0231. The number of aromatic nitrogens is 3. The second-order valence-electron chi connectivity index (χ2n) is 7.74. The highest BCUT2D eigenvalue weighted by atomic mass is 16.2. The molecule has 2 heterocycles. The van der Waals surface area contributed by atoms with E-state index in [1.807, 2.05) is 61.5 Å². The zero-order chi connectivity index (χ0) is 21.6. The van der Waals surface area contributed by atoms with Crippen molar-refractivity contribution in [2.75, 3.05) is 18.4 Å². The highest BCUT2D eigenvalue weighted by molar-refractivity contribution is 5.90. The number of likely N-dealkylation sites (tertiary alicyclic amines) is 1. The van der Waals surface area contributed by atoms with Gasteiger partial charge in [-0.25, -0.2) is 14.5 Å². The number of benzene rings is 2. The van der Waals surface area contributed by atoms with Crippen molar-refractivity contribution >= 4 is 17.6 Å². The third-order valence-corrected chi connectivity index (χ3v) is 5.54. The van der Waals surface area contributed by atoms with E-state index >= 15 is 0 Å². The van der Waals surface area contributed by atoms with Crippen molar-refractivity contribution in [3.63, 3.8) is 0 Å². The molecule has 0 saturated carbocycles. The molecule has 1 saturated heterocycles. The molecule has 0 bridgehead atoms. The minimum Gasteiger partial charge on any atom is -0.349 e. The van der Waals surface area contributed by atoms with Gasteiger partial charge in [0, 0.05) is 18.8 Å². The Hall–Kier alpha value is -3.68. The number of hydrogen-bond acceptors (Lipinski definition) is 4. The van der Waals surface area contributed by atoms with E-state index in [4.69, 9.17) is 0 Å². The summed E-state index contributed by atoms with van der Waals surface area (Å²) in [6.45, 7) is 3.04. The van der Waals surface area contributed by atoms with Gasteiger partial charge in [0.2, 0.25) is 5.91 Å². The Kier molecular flexibility index (Phi) is 6.26. The van der Waals surface area contributed by atoms with Gasteiger partial charge in [-0.2, -0.15) is 5.10 Å². The lowest BCUT2D eigenvalue weighted by atomic mass is 9.96. The van der Waals surface area contributed by atoms with Gasteiger partial charge in [-0.15, -0.1) is 0 Å². The van der Waals surface area contributed by atoms with Crippen molar-refractivity contribution in [2.24, 2.45) is 5.92 Å². The predicted octanol–water partition coefficient (Wildman–Crippen LogP) is 3.39. The number of carbonyl (C=O) groups is 2. The lowest BCUT2D eigenvalue weighted by molar-refractivity contribution is -0.126. The van der Waals surface area contributed by atoms with E-state index in [0.29, 0.717) is 13.1 Å². The van der Waals surface area contributed by atoms with Gasteiger partial charge in [0.25, 0.3) is 0 Å². The zero-order valence-electron chi connectivity index (χ0n) is 17.4. The summed E-state index contributed by atoms with van der Waals surface area (Å²) in [4.78, 5) is 31.1. The molecule has 1 aromatic heterocycles. The topological polar surface area (TPSA) is 92.2 Å². The fourth-order valence-corrected chi connectivity index (χ4v) is 3.77. The van der Waals surface area contributed by atoms with Gasteiger partial charge in [0.1, 0.15) is 12.7 Å². The van der Waals surface area contributed by atoms with Gasteiger partial charge in [0.15, 0.2) is 0 Å². The Balaban J connectivity index is 1.32. The predicted molar refractivity (Wildman–Crippen MR) is 118 cm³/mol. The van der Waals surface area contributed by atoms with Crippen molar-refractivity contribution in [3.05, 3.63) is 72.8 Å². The first-order valence-electron chi connectivity index (χ1n) is 10.5. The molecule has 3 amide bonds. The van der Waals surface area contributed by atoms with Crippen LogP contribution in [0.1, 0.15) is 31.4 Å². The number of nitrogens with one attached hydrogen (secondary N) is 2. The average molecular weight is 419 g/mol. The maximum absolute atomic E-state index is 12.9. The molecule has 0 spiro atoms. The Bertz CT molecular complexity index is 1000. The lowest BCUT2D eigenvalue weighted by Crippen LogP contribution is -2.47. The summed E-state index contributed by atoms with van der Waals surface area (Å²) < 4.78 is 1.68. The van der Waals surface area contributed by atoms with E-state index in [1.165, 1.54) is 6.33 Å². The van der Waals surface area contributed by atoms with Crippen LogP contribution in [0.5, 0.6) is 0 Å². The van der Waals surface area contributed by atoms with Gasteiger partial charge in [0.05, 0.1) is 17.6 Å². The first-order chi connectivity index (χ1) is 15.1. The van der Waals surface area contributed by atoms with Crippen molar-refractivity contribution < 1.29 is 9.59 Å². The number of hydrogen-bond donors (Lipinski definition) is 2. The van der Waals surface area contributed by atoms with Crippen molar-refractivity contribution in [1.29, 1.82) is 0 Å². The first kappa shape index (κ1) is 20.6. The molecule has 2 N–H and O–H groups in total. The largest absolute Gasteiger partial charge is 0.349 e. The zero-order valence-corrected chi connectivity index (χ0v) is 17.4. The number of urea groups is 1. The van der Waals surface area contributed by atoms with E-state index < -0.39 is 0 Å². The highest BCUT2D eigenvalue weighted by Gasteiger charge is 2.29. The van der Waals surface area contributed by atoms with E-state index in [0.717, 1.165) is 29.8 Å². The average Bonchev–Trinajstić information content (AvgIpc) is 3.35. The van der Waals surface area contributed by atoms with Crippen molar-refractivity contribution in [1.82, 2.24) is 25.0 Å². The monoisotopic (exact) mass is 418 g/mol. The van der Waals surface area contributed by atoms with Crippen LogP contribution >= 0.6 is 0 Å². The molecule has 3 aromatic rings. The van der Waals surface area contributed by atoms with Crippen LogP contribution in [-0.2, 0) is 4.79 Å². The second kappa shape index (κ2) is 9.42. The van der Waals surface area contributed by atoms with Crippen LogP contribution in [0.3, 0.4) is 0 Å². The third kappa shape index (κ3) is 5.09. The molecule has 0 unspecified atom stereocenters. The molecule has 31 heavy (non-hydrogen) atoms. The summed E-state index contributed by atoms with van der Waals surface area (Å²) in [6.07, 6.45) is 4.72. The fourth-order valence-electron chi connectivity index (χ4n) is 3.77. The van der Waals surface area contributed by atoms with Gasteiger partial charge < -0.3 is 15.5 Å². The molecule has 0 aliphatic carbocycles. The van der Waals surface area contributed by atoms with Crippen LogP contribution in [0, 0.1) is 5.92 Å². The van der Waals surface area contributed by atoms with Gasteiger partial charge in [-0.05, 0) is 49.6 Å². The summed E-state index contributed by atoms with van der Waals surface area (Å²) in [6, 6.07) is 16.9. The number of anilines is 1. The van der Waals surface area contributed by atoms with Gasteiger partial charge in [-0.1, -0.05) is 30.3 Å². The van der Waals surface area contributed by atoms with Crippen LogP contribution in [0.4, 0.5) is 10.5 Å². The molecule has 160 valence electrons. The summed E-state index contributed by atoms with van der Waals surface area (Å²) in [7, 11) is 0. The number of nitrogens with zero attached hydrogens (tertiary/aromatic N) is 4. The second-order valence-corrected chi connectivity index (χ2v) is 7.74. The summed E-state index contributed by atoms with van der Waals surface area (Å²) >= 11 is 0. The summed E-state index contributed by atoms with van der Waals surface area (Å²) in [5, 5.41) is 10.1. The van der Waals surface area contributed by atoms with Crippen LogP contribution in [0.25, 0.3) is 5.69 Å². The molecule has 0 radical (unpaired) electrons. The maximum atomic E-state index is 12.9. The number of carbonyl (C=O) groups excluding carboxylic acids is 2. The molecular formula is C23H26N6O2. The van der Waals surface area contributed by atoms with Crippen LogP contribution in [0.15, 0.2) is 67.3 Å². The number of para-hydroxylation sites is 1. The molecule has 2 atom stereocenters. The van der Waals surface area contributed by atoms with Crippen molar-refractivity contribution in [2.45, 2.75) is 25.8 Å². The normalized spacial score (nSPS) is 17.1. The summed E-state index contributed by atoms with van der Waals surface area (Å²) in [5.41, 5.74) is 2.67.